The van der Waals surface area contributed by atoms with Gasteiger partial charge in [0.25, 0.3) is 0 Å². The minimum atomic E-state index is -0.0161. The molecule has 0 atom stereocenters. The summed E-state index contributed by atoms with van der Waals surface area (Å²) in [5, 5.41) is 9.38. The van der Waals surface area contributed by atoms with Gasteiger partial charge in [0.05, 0.1) is 12.3 Å². The summed E-state index contributed by atoms with van der Waals surface area (Å²) >= 11 is 5.71. The van der Waals surface area contributed by atoms with Crippen LogP contribution >= 0.6 is 11.6 Å². The minimum absolute atomic E-state index is 0.0161. The van der Waals surface area contributed by atoms with E-state index in [0.29, 0.717) is 0 Å². The highest BCUT2D eigenvalue weighted by molar-refractivity contribution is 6.28. The van der Waals surface area contributed by atoms with Crippen LogP contribution in [0.25, 0.3) is 11.3 Å². The molecule has 0 saturated heterocycles. The van der Waals surface area contributed by atoms with Crippen molar-refractivity contribution in [1.29, 1.82) is 0 Å². The summed E-state index contributed by atoms with van der Waals surface area (Å²) in [5.41, 5.74) is 2.43. The number of hydrogen-bond acceptors (Lipinski definition) is 3. The maximum Gasteiger partial charge on any atom is 0.222 e. The van der Waals surface area contributed by atoms with Gasteiger partial charge < -0.3 is 5.11 Å². The van der Waals surface area contributed by atoms with E-state index >= 15 is 0 Å². The summed E-state index contributed by atoms with van der Waals surface area (Å²) < 4.78 is 0. The van der Waals surface area contributed by atoms with E-state index in [1.807, 2.05) is 24.3 Å². The van der Waals surface area contributed by atoms with Gasteiger partial charge in [-0.3, -0.25) is 0 Å². The SMILES string of the molecule is OCc1ccccc1-c1ccnc(Cl)n1. The number of aliphatic hydroxyl groups excluding tert-OH is 1. The molecule has 0 amide bonds. The standard InChI is InChI=1S/C11H9ClN2O/c12-11-13-6-5-10(14-11)9-4-2-1-3-8(9)7-15/h1-6,15H,7H2. The third-order valence-electron chi connectivity index (χ3n) is 2.09. The second kappa shape index (κ2) is 4.38. The van der Waals surface area contributed by atoms with Crippen LogP contribution in [0, 0.1) is 0 Å². The zero-order chi connectivity index (χ0) is 10.7. The first-order chi connectivity index (χ1) is 7.31. The molecule has 2 rings (SSSR count). The Morgan fingerprint density at radius 3 is 2.73 bits per heavy atom. The molecule has 1 N–H and O–H groups in total. The summed E-state index contributed by atoms with van der Waals surface area (Å²) in [4.78, 5) is 7.91. The third kappa shape index (κ3) is 2.14. The number of halogens is 1. The van der Waals surface area contributed by atoms with Gasteiger partial charge in [0.15, 0.2) is 0 Å². The maximum absolute atomic E-state index is 9.17. The first-order valence-electron chi connectivity index (χ1n) is 4.49. The van der Waals surface area contributed by atoms with E-state index in [0.717, 1.165) is 16.8 Å². The molecule has 0 aliphatic heterocycles. The van der Waals surface area contributed by atoms with Crippen LogP contribution in [0.5, 0.6) is 0 Å². The normalized spacial score (nSPS) is 10.3. The molecule has 15 heavy (non-hydrogen) atoms. The Hall–Kier alpha value is -1.45. The highest BCUT2D eigenvalue weighted by Crippen LogP contribution is 2.22. The van der Waals surface area contributed by atoms with Crippen molar-refractivity contribution in [2.75, 3.05) is 0 Å². The second-order valence-corrected chi connectivity index (χ2v) is 3.36. The van der Waals surface area contributed by atoms with Gasteiger partial charge in [-0.2, -0.15) is 0 Å². The number of hydrogen-bond donors (Lipinski definition) is 1. The lowest BCUT2D eigenvalue weighted by molar-refractivity contribution is 0.282. The lowest BCUT2D eigenvalue weighted by Crippen LogP contribution is -1.92. The van der Waals surface area contributed by atoms with Gasteiger partial charge in [0.2, 0.25) is 5.28 Å². The van der Waals surface area contributed by atoms with E-state index in [1.54, 1.807) is 12.3 Å². The van der Waals surface area contributed by atoms with Crippen LogP contribution in [0.2, 0.25) is 5.28 Å². The van der Waals surface area contributed by atoms with Gasteiger partial charge in [0.1, 0.15) is 0 Å². The molecule has 76 valence electrons. The molecule has 0 unspecified atom stereocenters. The molecule has 0 bridgehead atoms. The highest BCUT2D eigenvalue weighted by atomic mass is 35.5. The van der Waals surface area contributed by atoms with Crippen LogP contribution in [0.4, 0.5) is 0 Å². The van der Waals surface area contributed by atoms with Crippen molar-refractivity contribution in [2.24, 2.45) is 0 Å². The fourth-order valence-electron chi connectivity index (χ4n) is 1.39. The summed E-state index contributed by atoms with van der Waals surface area (Å²) in [7, 11) is 0. The fourth-order valence-corrected chi connectivity index (χ4v) is 1.54. The maximum atomic E-state index is 9.17. The smallest absolute Gasteiger partial charge is 0.222 e. The molecule has 0 radical (unpaired) electrons. The molecule has 4 heteroatoms. The summed E-state index contributed by atoms with van der Waals surface area (Å²) in [6, 6.07) is 9.28. The van der Waals surface area contributed by atoms with E-state index in [2.05, 4.69) is 9.97 Å². The Bertz CT molecular complexity index is 474. The Kier molecular flexibility index (Phi) is 2.94. The van der Waals surface area contributed by atoms with Crippen molar-refractivity contribution in [3.63, 3.8) is 0 Å². The average Bonchev–Trinajstić information content (AvgIpc) is 2.29. The van der Waals surface area contributed by atoms with E-state index in [9.17, 15) is 5.11 Å². The van der Waals surface area contributed by atoms with E-state index in [1.165, 1.54) is 0 Å². The number of nitrogens with zero attached hydrogens (tertiary/aromatic N) is 2. The Morgan fingerprint density at radius 1 is 1.20 bits per heavy atom. The average molecular weight is 221 g/mol. The van der Waals surface area contributed by atoms with Crippen LogP contribution in [0.3, 0.4) is 0 Å². The fraction of sp³-hybridized carbons (Fsp3) is 0.0909. The first-order valence-corrected chi connectivity index (χ1v) is 4.87. The molecule has 0 spiro atoms. The summed E-state index contributed by atoms with van der Waals surface area (Å²) in [6.07, 6.45) is 1.60. The molecular formula is C11H9ClN2O. The predicted octanol–water partition coefficient (Wildman–Crippen LogP) is 2.29. The van der Waals surface area contributed by atoms with Crippen molar-refractivity contribution < 1.29 is 5.11 Å². The summed E-state index contributed by atoms with van der Waals surface area (Å²) in [6.45, 7) is -0.0161. The first kappa shape index (κ1) is 10.1. The van der Waals surface area contributed by atoms with Gasteiger partial charge in [-0.15, -0.1) is 0 Å². The van der Waals surface area contributed by atoms with Crippen LogP contribution in [-0.4, -0.2) is 15.1 Å². The molecule has 0 aliphatic carbocycles. The molecule has 0 saturated carbocycles. The molecular weight excluding hydrogens is 212 g/mol. The Morgan fingerprint density at radius 2 is 2.00 bits per heavy atom. The third-order valence-corrected chi connectivity index (χ3v) is 2.27. The highest BCUT2D eigenvalue weighted by Gasteiger charge is 2.05. The van der Waals surface area contributed by atoms with Gasteiger partial charge in [-0.25, -0.2) is 9.97 Å². The molecule has 1 aromatic heterocycles. The topological polar surface area (TPSA) is 46.0 Å². The van der Waals surface area contributed by atoms with Gasteiger partial charge in [0, 0.05) is 11.8 Å². The number of aromatic nitrogens is 2. The second-order valence-electron chi connectivity index (χ2n) is 3.03. The van der Waals surface area contributed by atoms with Crippen LogP contribution in [0.1, 0.15) is 5.56 Å². The minimum Gasteiger partial charge on any atom is -0.392 e. The van der Waals surface area contributed by atoms with Crippen molar-refractivity contribution in [2.45, 2.75) is 6.61 Å². The quantitative estimate of drug-likeness (QED) is 0.790. The Balaban J connectivity index is 2.53. The van der Waals surface area contributed by atoms with E-state index < -0.39 is 0 Å². The Labute approximate surface area is 92.4 Å². The van der Waals surface area contributed by atoms with Crippen molar-refractivity contribution in [3.05, 3.63) is 47.4 Å². The molecule has 2 aromatic rings. The van der Waals surface area contributed by atoms with Crippen molar-refractivity contribution in [1.82, 2.24) is 9.97 Å². The lowest BCUT2D eigenvalue weighted by Gasteiger charge is -2.05. The van der Waals surface area contributed by atoms with Crippen LogP contribution in [-0.2, 0) is 6.61 Å². The van der Waals surface area contributed by atoms with Crippen LogP contribution in [0.15, 0.2) is 36.5 Å². The number of aliphatic hydroxyl groups is 1. The number of benzene rings is 1. The monoisotopic (exact) mass is 220 g/mol. The zero-order valence-electron chi connectivity index (χ0n) is 7.89. The molecule has 1 heterocycles. The van der Waals surface area contributed by atoms with Gasteiger partial charge in [-0.05, 0) is 23.2 Å². The van der Waals surface area contributed by atoms with Crippen molar-refractivity contribution in [3.8, 4) is 11.3 Å². The predicted molar refractivity (Wildman–Crippen MR) is 58.4 cm³/mol. The lowest BCUT2D eigenvalue weighted by atomic mass is 10.1. The summed E-state index contributed by atoms with van der Waals surface area (Å²) in [5.74, 6) is 0. The molecule has 0 fully saturated rings. The molecule has 0 aliphatic rings. The number of rotatable bonds is 2. The molecule has 3 nitrogen and oxygen atoms in total. The van der Waals surface area contributed by atoms with Crippen molar-refractivity contribution >= 4 is 11.6 Å². The van der Waals surface area contributed by atoms with Gasteiger partial charge >= 0.3 is 0 Å². The molecule has 1 aromatic carbocycles. The largest absolute Gasteiger partial charge is 0.392 e. The van der Waals surface area contributed by atoms with Crippen LogP contribution < -0.4 is 0 Å². The van der Waals surface area contributed by atoms with E-state index in [-0.39, 0.29) is 11.9 Å². The van der Waals surface area contributed by atoms with Gasteiger partial charge in [-0.1, -0.05) is 24.3 Å². The zero-order valence-corrected chi connectivity index (χ0v) is 8.65. The van der Waals surface area contributed by atoms with E-state index in [4.69, 9.17) is 11.6 Å².